The Morgan fingerprint density at radius 3 is 2.85 bits per heavy atom. The summed E-state index contributed by atoms with van der Waals surface area (Å²) in [5, 5.41) is 7.90. The number of benzene rings is 1. The molecule has 2 N–H and O–H groups in total. The van der Waals surface area contributed by atoms with Gasteiger partial charge in [-0.3, -0.25) is 4.99 Å². The molecule has 0 bridgehead atoms. The summed E-state index contributed by atoms with van der Waals surface area (Å²) in [5.41, 5.74) is 1.28. The maximum atomic E-state index is 6.01. The predicted molar refractivity (Wildman–Crippen MR) is 112 cm³/mol. The number of ether oxygens (including phenoxy) is 1. The van der Waals surface area contributed by atoms with Gasteiger partial charge in [0.25, 0.3) is 0 Å². The van der Waals surface area contributed by atoms with Gasteiger partial charge in [-0.1, -0.05) is 36.8 Å². The van der Waals surface area contributed by atoms with E-state index in [9.17, 15) is 0 Å². The molecule has 1 heterocycles. The van der Waals surface area contributed by atoms with E-state index in [1.807, 2.05) is 11.8 Å². The molecule has 1 aliphatic carbocycles. The third-order valence-electron chi connectivity index (χ3n) is 5.47. The van der Waals surface area contributed by atoms with Gasteiger partial charge in [0.2, 0.25) is 0 Å². The molecule has 2 fully saturated rings. The molecule has 2 aliphatic rings. The van der Waals surface area contributed by atoms with Crippen LogP contribution in [-0.2, 0) is 4.74 Å². The van der Waals surface area contributed by atoms with Gasteiger partial charge in [-0.2, -0.15) is 11.8 Å². The van der Waals surface area contributed by atoms with Gasteiger partial charge in [0.15, 0.2) is 5.96 Å². The first kappa shape index (κ1) is 19.6. The normalized spacial score (nSPS) is 29.5. The zero-order valence-corrected chi connectivity index (χ0v) is 16.9. The van der Waals surface area contributed by atoms with Crippen LogP contribution in [-0.4, -0.2) is 43.2 Å². The maximum Gasteiger partial charge on any atom is 0.191 e. The van der Waals surface area contributed by atoms with Crippen molar-refractivity contribution in [3.8, 4) is 0 Å². The Labute approximate surface area is 162 Å². The topological polar surface area (TPSA) is 45.7 Å². The van der Waals surface area contributed by atoms with Crippen molar-refractivity contribution in [2.24, 2.45) is 10.9 Å². The van der Waals surface area contributed by atoms with Crippen molar-refractivity contribution in [3.05, 3.63) is 35.9 Å². The number of guanidine groups is 1. The van der Waals surface area contributed by atoms with Crippen molar-refractivity contribution < 1.29 is 4.74 Å². The number of nitrogens with one attached hydrogen (secondary N) is 2. The van der Waals surface area contributed by atoms with Gasteiger partial charge in [0, 0.05) is 36.9 Å². The lowest BCUT2D eigenvalue weighted by Crippen LogP contribution is -2.46. The zero-order valence-electron chi connectivity index (χ0n) is 16.1. The first-order valence-electron chi connectivity index (χ1n) is 10.0. The van der Waals surface area contributed by atoms with E-state index in [0.29, 0.717) is 12.0 Å². The fourth-order valence-electron chi connectivity index (χ4n) is 4.04. The Kier molecular flexibility index (Phi) is 7.69. The molecule has 144 valence electrons. The summed E-state index contributed by atoms with van der Waals surface area (Å²) < 4.78 is 6.01. The van der Waals surface area contributed by atoms with Gasteiger partial charge in [-0.25, -0.2) is 0 Å². The van der Waals surface area contributed by atoms with Crippen molar-refractivity contribution in [2.75, 3.05) is 26.0 Å². The predicted octanol–water partition coefficient (Wildman–Crippen LogP) is 3.99. The Balaban J connectivity index is 1.59. The molecule has 1 aliphatic heterocycles. The van der Waals surface area contributed by atoms with Crippen LogP contribution in [0.5, 0.6) is 0 Å². The minimum absolute atomic E-state index is 0.179. The average molecular weight is 376 g/mol. The highest BCUT2D eigenvalue weighted by molar-refractivity contribution is 7.99. The second kappa shape index (κ2) is 10.2. The van der Waals surface area contributed by atoms with Gasteiger partial charge in [0.05, 0.1) is 6.10 Å². The van der Waals surface area contributed by atoms with E-state index in [-0.39, 0.29) is 6.10 Å². The summed E-state index contributed by atoms with van der Waals surface area (Å²) in [6, 6.07) is 11.1. The Morgan fingerprint density at radius 1 is 1.23 bits per heavy atom. The van der Waals surface area contributed by atoms with Crippen LogP contribution in [0.4, 0.5) is 0 Å². The lowest BCUT2D eigenvalue weighted by atomic mass is 9.95. The maximum absolute atomic E-state index is 6.01. The lowest BCUT2D eigenvalue weighted by molar-refractivity contribution is 0.0925. The van der Waals surface area contributed by atoms with Crippen LogP contribution in [0, 0.1) is 5.92 Å². The molecule has 3 rings (SSSR count). The van der Waals surface area contributed by atoms with Crippen molar-refractivity contribution in [1.29, 1.82) is 0 Å². The van der Waals surface area contributed by atoms with E-state index in [4.69, 9.17) is 9.73 Å². The fourth-order valence-corrected chi connectivity index (χ4v) is 4.87. The summed E-state index contributed by atoms with van der Waals surface area (Å²) in [6.45, 7) is 4.68. The molecule has 1 saturated heterocycles. The standard InChI is InChI=1S/C21H33N3OS/c1-3-22-21(24-18-10-7-11-19(14-18)26-2)23-15-17-12-13-25-20(17)16-8-5-4-6-9-16/h4-6,8-9,17-20H,3,7,10-15H2,1-2H3,(H2,22,23,24). The molecule has 4 atom stereocenters. The van der Waals surface area contributed by atoms with E-state index in [2.05, 4.69) is 54.1 Å². The van der Waals surface area contributed by atoms with Gasteiger partial charge in [-0.05, 0) is 44.4 Å². The number of thioether (sulfide) groups is 1. The number of hydrogen-bond acceptors (Lipinski definition) is 3. The van der Waals surface area contributed by atoms with Crippen molar-refractivity contribution in [1.82, 2.24) is 10.6 Å². The van der Waals surface area contributed by atoms with Crippen LogP contribution < -0.4 is 10.6 Å². The van der Waals surface area contributed by atoms with Crippen LogP contribution >= 0.6 is 11.8 Å². The molecular weight excluding hydrogens is 342 g/mol. The van der Waals surface area contributed by atoms with Crippen molar-refractivity contribution in [2.45, 2.75) is 56.4 Å². The molecular formula is C21H33N3OS. The summed E-state index contributed by atoms with van der Waals surface area (Å²) in [5.74, 6) is 1.43. The summed E-state index contributed by atoms with van der Waals surface area (Å²) in [4.78, 5) is 4.92. The first-order chi connectivity index (χ1) is 12.8. The summed E-state index contributed by atoms with van der Waals surface area (Å²) >= 11 is 2.00. The molecule has 1 aromatic rings. The monoisotopic (exact) mass is 375 g/mol. The SMILES string of the molecule is CCNC(=NCC1CCOC1c1ccccc1)NC1CCCC(SC)C1. The molecule has 4 nitrogen and oxygen atoms in total. The van der Waals surface area contributed by atoms with E-state index in [1.54, 1.807) is 0 Å². The van der Waals surface area contributed by atoms with Crippen LogP contribution in [0.15, 0.2) is 35.3 Å². The van der Waals surface area contributed by atoms with Gasteiger partial charge in [0.1, 0.15) is 0 Å². The smallest absolute Gasteiger partial charge is 0.191 e. The Bertz CT molecular complexity index is 566. The van der Waals surface area contributed by atoms with Crippen molar-refractivity contribution in [3.63, 3.8) is 0 Å². The molecule has 5 heteroatoms. The third kappa shape index (κ3) is 5.40. The van der Waals surface area contributed by atoms with E-state index in [0.717, 1.165) is 37.3 Å². The average Bonchev–Trinajstić information content (AvgIpc) is 3.16. The third-order valence-corrected chi connectivity index (χ3v) is 6.57. The number of hydrogen-bond donors (Lipinski definition) is 2. The Hall–Kier alpha value is -1.20. The molecule has 4 unspecified atom stereocenters. The van der Waals surface area contributed by atoms with E-state index in [1.165, 1.54) is 31.2 Å². The highest BCUT2D eigenvalue weighted by Crippen LogP contribution is 2.34. The zero-order chi connectivity index (χ0) is 18.2. The van der Waals surface area contributed by atoms with Crippen LogP contribution in [0.3, 0.4) is 0 Å². The summed E-state index contributed by atoms with van der Waals surface area (Å²) in [6.07, 6.45) is 8.65. The minimum Gasteiger partial charge on any atom is -0.373 e. The second-order valence-corrected chi connectivity index (χ2v) is 8.47. The van der Waals surface area contributed by atoms with Crippen LogP contribution in [0.2, 0.25) is 0 Å². The van der Waals surface area contributed by atoms with Crippen molar-refractivity contribution >= 4 is 17.7 Å². The molecule has 0 amide bonds. The second-order valence-electron chi connectivity index (χ2n) is 7.34. The molecule has 0 aromatic heterocycles. The highest BCUT2D eigenvalue weighted by Gasteiger charge is 2.29. The lowest BCUT2D eigenvalue weighted by Gasteiger charge is -2.30. The van der Waals surface area contributed by atoms with Crippen LogP contribution in [0.1, 0.15) is 50.7 Å². The van der Waals surface area contributed by atoms with E-state index >= 15 is 0 Å². The highest BCUT2D eigenvalue weighted by atomic mass is 32.2. The number of rotatable bonds is 6. The molecule has 26 heavy (non-hydrogen) atoms. The quantitative estimate of drug-likeness (QED) is 0.583. The Morgan fingerprint density at radius 2 is 2.08 bits per heavy atom. The van der Waals surface area contributed by atoms with Crippen LogP contribution in [0.25, 0.3) is 0 Å². The first-order valence-corrected chi connectivity index (χ1v) is 11.3. The van der Waals surface area contributed by atoms with Gasteiger partial charge < -0.3 is 15.4 Å². The van der Waals surface area contributed by atoms with E-state index < -0.39 is 0 Å². The van der Waals surface area contributed by atoms with Gasteiger partial charge in [-0.15, -0.1) is 0 Å². The van der Waals surface area contributed by atoms with Gasteiger partial charge >= 0.3 is 0 Å². The number of aliphatic imine (C=N–C) groups is 1. The molecule has 1 aromatic carbocycles. The minimum atomic E-state index is 0.179. The molecule has 0 spiro atoms. The molecule has 0 radical (unpaired) electrons. The summed E-state index contributed by atoms with van der Waals surface area (Å²) in [7, 11) is 0. The largest absolute Gasteiger partial charge is 0.373 e. The number of nitrogens with zero attached hydrogens (tertiary/aromatic N) is 1. The fraction of sp³-hybridized carbons (Fsp3) is 0.667. The molecule has 1 saturated carbocycles.